The molecule has 0 spiro atoms. The lowest BCUT2D eigenvalue weighted by Gasteiger charge is -2.36. The molecular formula is C24H33N5O. The van der Waals surface area contributed by atoms with Gasteiger partial charge in [-0.05, 0) is 30.7 Å². The first-order valence-electron chi connectivity index (χ1n) is 11.3. The normalized spacial score (nSPS) is 20.4. The molecule has 1 atom stereocenters. The van der Waals surface area contributed by atoms with Crippen LogP contribution >= 0.6 is 0 Å². The molecule has 4 rings (SSSR count). The number of nitrogens with one attached hydrogen (secondary N) is 1. The van der Waals surface area contributed by atoms with Crippen molar-refractivity contribution < 1.29 is 4.79 Å². The number of aromatic nitrogens is 1. The summed E-state index contributed by atoms with van der Waals surface area (Å²) in [6, 6.07) is 16.6. The molecule has 2 aromatic rings. The number of unbranched alkanes of at least 4 members (excludes halogenated alkanes) is 1. The van der Waals surface area contributed by atoms with Crippen molar-refractivity contribution in [3.05, 3.63) is 59.8 Å². The van der Waals surface area contributed by atoms with E-state index in [2.05, 4.69) is 46.3 Å². The number of pyridine rings is 1. The zero-order valence-electron chi connectivity index (χ0n) is 18.0. The molecule has 6 nitrogen and oxygen atoms in total. The molecule has 2 saturated heterocycles. The summed E-state index contributed by atoms with van der Waals surface area (Å²) in [6.07, 6.45) is 2.44. The monoisotopic (exact) mass is 407 g/mol. The van der Waals surface area contributed by atoms with E-state index >= 15 is 0 Å². The first-order chi connectivity index (χ1) is 14.7. The van der Waals surface area contributed by atoms with Crippen LogP contribution in [-0.2, 0) is 0 Å². The Labute approximate surface area is 179 Å². The van der Waals surface area contributed by atoms with Crippen LogP contribution < -0.4 is 10.2 Å². The Hall–Kier alpha value is -2.44. The van der Waals surface area contributed by atoms with Crippen molar-refractivity contribution in [2.24, 2.45) is 0 Å². The predicted molar refractivity (Wildman–Crippen MR) is 121 cm³/mol. The molecule has 0 radical (unpaired) electrons. The van der Waals surface area contributed by atoms with Crippen molar-refractivity contribution in [1.82, 2.24) is 20.1 Å². The number of benzene rings is 1. The van der Waals surface area contributed by atoms with E-state index in [9.17, 15) is 4.79 Å². The van der Waals surface area contributed by atoms with Crippen LogP contribution in [-0.4, -0.2) is 73.0 Å². The van der Waals surface area contributed by atoms with Crippen LogP contribution in [0.4, 0.5) is 5.82 Å². The Morgan fingerprint density at radius 1 is 1.03 bits per heavy atom. The summed E-state index contributed by atoms with van der Waals surface area (Å²) in [4.78, 5) is 24.5. The van der Waals surface area contributed by atoms with Gasteiger partial charge in [0, 0.05) is 51.9 Å². The lowest BCUT2D eigenvalue weighted by molar-refractivity contribution is 0.0630. The zero-order chi connectivity index (χ0) is 20.8. The number of piperazine rings is 2. The van der Waals surface area contributed by atoms with Gasteiger partial charge in [-0.25, -0.2) is 4.98 Å². The van der Waals surface area contributed by atoms with Gasteiger partial charge in [0.25, 0.3) is 5.91 Å². The van der Waals surface area contributed by atoms with Gasteiger partial charge in [0.05, 0.1) is 0 Å². The maximum atomic E-state index is 13.1. The smallest absolute Gasteiger partial charge is 0.272 e. The molecule has 2 aliphatic heterocycles. The summed E-state index contributed by atoms with van der Waals surface area (Å²) in [5.41, 5.74) is 1.85. The van der Waals surface area contributed by atoms with E-state index in [1.165, 1.54) is 18.4 Å². The molecule has 160 valence electrons. The van der Waals surface area contributed by atoms with Crippen LogP contribution in [0.25, 0.3) is 0 Å². The van der Waals surface area contributed by atoms with Crippen LogP contribution in [0.5, 0.6) is 0 Å². The maximum Gasteiger partial charge on any atom is 0.272 e. The molecule has 1 aromatic heterocycles. The number of rotatable bonds is 6. The summed E-state index contributed by atoms with van der Waals surface area (Å²) in [5, 5.41) is 3.59. The molecule has 0 aliphatic carbocycles. The molecular weight excluding hydrogens is 374 g/mol. The highest BCUT2D eigenvalue weighted by molar-refractivity contribution is 5.92. The third-order valence-corrected chi connectivity index (χ3v) is 6.14. The number of amides is 1. The highest BCUT2D eigenvalue weighted by Gasteiger charge is 2.25. The minimum atomic E-state index is 0.0572. The third-order valence-electron chi connectivity index (χ3n) is 6.14. The highest BCUT2D eigenvalue weighted by atomic mass is 16.2. The second-order valence-electron chi connectivity index (χ2n) is 8.23. The van der Waals surface area contributed by atoms with E-state index in [1.54, 1.807) is 0 Å². The average molecular weight is 408 g/mol. The summed E-state index contributed by atoms with van der Waals surface area (Å²) in [6.45, 7) is 9.50. The van der Waals surface area contributed by atoms with E-state index in [4.69, 9.17) is 4.98 Å². The van der Waals surface area contributed by atoms with Crippen molar-refractivity contribution in [2.75, 3.05) is 57.3 Å². The SMILES string of the molecule is CCCCN1CCN(C(=O)c2cccc(N3CCN[C@H](c4ccccc4)C3)n2)CC1. The zero-order valence-corrected chi connectivity index (χ0v) is 18.0. The molecule has 0 saturated carbocycles. The van der Waals surface area contributed by atoms with Crippen LogP contribution in [0.2, 0.25) is 0 Å². The first-order valence-corrected chi connectivity index (χ1v) is 11.3. The van der Waals surface area contributed by atoms with Crippen LogP contribution in [0.15, 0.2) is 48.5 Å². The first kappa shape index (κ1) is 20.8. The Morgan fingerprint density at radius 3 is 2.60 bits per heavy atom. The second kappa shape index (κ2) is 10.0. The quantitative estimate of drug-likeness (QED) is 0.798. The maximum absolute atomic E-state index is 13.1. The molecule has 6 heteroatoms. The minimum Gasteiger partial charge on any atom is -0.353 e. The lowest BCUT2D eigenvalue weighted by Crippen LogP contribution is -2.49. The molecule has 3 heterocycles. The Kier molecular flexibility index (Phi) is 6.97. The van der Waals surface area contributed by atoms with E-state index in [1.807, 2.05) is 29.2 Å². The highest BCUT2D eigenvalue weighted by Crippen LogP contribution is 2.22. The van der Waals surface area contributed by atoms with Gasteiger partial charge in [-0.3, -0.25) is 9.69 Å². The van der Waals surface area contributed by atoms with Gasteiger partial charge < -0.3 is 15.1 Å². The topological polar surface area (TPSA) is 51.7 Å². The molecule has 2 aliphatic rings. The van der Waals surface area contributed by atoms with Gasteiger partial charge in [0.2, 0.25) is 0 Å². The van der Waals surface area contributed by atoms with Crippen LogP contribution in [0, 0.1) is 0 Å². The summed E-state index contributed by atoms with van der Waals surface area (Å²) in [7, 11) is 0. The molecule has 2 fully saturated rings. The number of hydrogen-bond donors (Lipinski definition) is 1. The molecule has 0 bridgehead atoms. The van der Waals surface area contributed by atoms with E-state index < -0.39 is 0 Å². The van der Waals surface area contributed by atoms with Gasteiger partial charge in [-0.15, -0.1) is 0 Å². The van der Waals surface area contributed by atoms with Gasteiger partial charge in [-0.1, -0.05) is 49.7 Å². The number of carbonyl (C=O) groups excluding carboxylic acids is 1. The van der Waals surface area contributed by atoms with Gasteiger partial charge in [-0.2, -0.15) is 0 Å². The van der Waals surface area contributed by atoms with Crippen molar-refractivity contribution in [2.45, 2.75) is 25.8 Å². The Bertz CT molecular complexity index is 819. The predicted octanol–water partition coefficient (Wildman–Crippen LogP) is 2.79. The summed E-state index contributed by atoms with van der Waals surface area (Å²) >= 11 is 0. The summed E-state index contributed by atoms with van der Waals surface area (Å²) in [5.74, 6) is 0.951. The summed E-state index contributed by atoms with van der Waals surface area (Å²) < 4.78 is 0. The number of anilines is 1. The Morgan fingerprint density at radius 2 is 1.83 bits per heavy atom. The Balaban J connectivity index is 1.39. The van der Waals surface area contributed by atoms with E-state index in [-0.39, 0.29) is 11.9 Å². The largest absolute Gasteiger partial charge is 0.353 e. The van der Waals surface area contributed by atoms with E-state index in [0.29, 0.717) is 5.69 Å². The van der Waals surface area contributed by atoms with Crippen molar-refractivity contribution >= 4 is 11.7 Å². The van der Waals surface area contributed by atoms with Crippen molar-refractivity contribution in [3.8, 4) is 0 Å². The molecule has 1 N–H and O–H groups in total. The number of carbonyl (C=O) groups is 1. The van der Waals surface area contributed by atoms with Crippen LogP contribution in [0.3, 0.4) is 0 Å². The number of nitrogens with zero attached hydrogens (tertiary/aromatic N) is 4. The lowest BCUT2D eigenvalue weighted by atomic mass is 10.0. The second-order valence-corrected chi connectivity index (χ2v) is 8.23. The van der Waals surface area contributed by atoms with Crippen LogP contribution in [0.1, 0.15) is 41.9 Å². The van der Waals surface area contributed by atoms with Gasteiger partial charge >= 0.3 is 0 Å². The average Bonchev–Trinajstić information content (AvgIpc) is 2.83. The standard InChI is InChI=1S/C24H33N5O/c1-2-3-13-27-15-17-28(18-16-27)24(30)21-10-7-11-23(26-21)29-14-12-25-22(19-29)20-8-5-4-6-9-20/h4-11,22,25H,2-3,12-19H2,1H3/t22-/m0/s1. The van der Waals surface area contributed by atoms with Gasteiger partial charge in [0.15, 0.2) is 0 Å². The molecule has 30 heavy (non-hydrogen) atoms. The fourth-order valence-electron chi connectivity index (χ4n) is 4.30. The number of hydrogen-bond acceptors (Lipinski definition) is 5. The fourth-order valence-corrected chi connectivity index (χ4v) is 4.30. The van der Waals surface area contributed by atoms with Crippen molar-refractivity contribution in [3.63, 3.8) is 0 Å². The molecule has 0 unspecified atom stereocenters. The molecule has 1 amide bonds. The van der Waals surface area contributed by atoms with Gasteiger partial charge in [0.1, 0.15) is 11.5 Å². The minimum absolute atomic E-state index is 0.0572. The molecule has 1 aromatic carbocycles. The van der Waals surface area contributed by atoms with E-state index in [0.717, 1.165) is 58.2 Å². The fraction of sp³-hybridized carbons (Fsp3) is 0.500. The third kappa shape index (κ3) is 4.99. The van der Waals surface area contributed by atoms with Crippen molar-refractivity contribution in [1.29, 1.82) is 0 Å².